The predicted molar refractivity (Wildman–Crippen MR) is 92.4 cm³/mol. The molecule has 2 N–H and O–H groups in total. The molecule has 2 aromatic carbocycles. The molecule has 0 aliphatic carbocycles. The molecule has 0 aliphatic rings. The van der Waals surface area contributed by atoms with E-state index in [0.717, 1.165) is 11.3 Å². The Kier molecular flexibility index (Phi) is 4.84. The van der Waals surface area contributed by atoms with Gasteiger partial charge in [0.25, 0.3) is 11.8 Å². The lowest BCUT2D eigenvalue weighted by Gasteiger charge is -2.08. The van der Waals surface area contributed by atoms with E-state index < -0.39 is 0 Å². The molecule has 0 bridgehead atoms. The summed E-state index contributed by atoms with van der Waals surface area (Å²) in [4.78, 5) is 23.9. The molecule has 1 heterocycles. The van der Waals surface area contributed by atoms with Crippen molar-refractivity contribution >= 4 is 11.8 Å². The minimum absolute atomic E-state index is 0.155. The molecule has 7 nitrogen and oxygen atoms in total. The summed E-state index contributed by atoms with van der Waals surface area (Å²) in [6.07, 6.45) is 3.18. The van der Waals surface area contributed by atoms with Crippen LogP contribution in [-0.4, -0.2) is 33.6 Å². The van der Waals surface area contributed by atoms with Gasteiger partial charge in [-0.05, 0) is 42.0 Å². The fourth-order valence-corrected chi connectivity index (χ4v) is 2.37. The van der Waals surface area contributed by atoms with Crippen LogP contribution in [0.2, 0.25) is 0 Å². The number of aromatic nitrogens is 3. The Balaban J connectivity index is 1.64. The SMILES string of the molecule is CNC(=O)c1cccc(CNC(=O)c2ccc(-n3cnnc3)cc2)c1. The van der Waals surface area contributed by atoms with Gasteiger partial charge >= 0.3 is 0 Å². The van der Waals surface area contributed by atoms with E-state index in [1.54, 1.807) is 54.6 Å². The van der Waals surface area contributed by atoms with Crippen molar-refractivity contribution in [1.29, 1.82) is 0 Å². The van der Waals surface area contributed by atoms with Crippen molar-refractivity contribution in [3.63, 3.8) is 0 Å². The zero-order valence-corrected chi connectivity index (χ0v) is 13.6. The van der Waals surface area contributed by atoms with Gasteiger partial charge < -0.3 is 10.6 Å². The first kappa shape index (κ1) is 16.4. The Bertz CT molecular complexity index is 873. The number of nitrogens with zero attached hydrogens (tertiary/aromatic N) is 3. The molecule has 0 saturated carbocycles. The smallest absolute Gasteiger partial charge is 0.251 e. The third-order valence-electron chi connectivity index (χ3n) is 3.72. The fraction of sp³-hybridized carbons (Fsp3) is 0.111. The van der Waals surface area contributed by atoms with E-state index >= 15 is 0 Å². The summed E-state index contributed by atoms with van der Waals surface area (Å²) in [5.41, 5.74) is 2.85. The number of carbonyl (C=O) groups is 2. The maximum absolute atomic E-state index is 12.3. The van der Waals surface area contributed by atoms with E-state index in [0.29, 0.717) is 17.7 Å². The van der Waals surface area contributed by atoms with E-state index in [1.807, 2.05) is 18.2 Å². The van der Waals surface area contributed by atoms with Crippen LogP contribution in [0.5, 0.6) is 0 Å². The fourth-order valence-electron chi connectivity index (χ4n) is 2.37. The van der Waals surface area contributed by atoms with E-state index in [2.05, 4.69) is 20.8 Å². The van der Waals surface area contributed by atoms with Gasteiger partial charge in [-0.1, -0.05) is 12.1 Å². The van der Waals surface area contributed by atoms with Crippen molar-refractivity contribution in [2.24, 2.45) is 0 Å². The Morgan fingerprint density at radius 3 is 2.36 bits per heavy atom. The molecule has 25 heavy (non-hydrogen) atoms. The van der Waals surface area contributed by atoms with Crippen molar-refractivity contribution in [3.05, 3.63) is 77.9 Å². The van der Waals surface area contributed by atoms with E-state index in [9.17, 15) is 9.59 Å². The Hall–Kier alpha value is -3.48. The first-order valence-corrected chi connectivity index (χ1v) is 7.71. The van der Waals surface area contributed by atoms with Crippen LogP contribution < -0.4 is 10.6 Å². The zero-order chi connectivity index (χ0) is 17.6. The third-order valence-corrected chi connectivity index (χ3v) is 3.72. The van der Waals surface area contributed by atoms with Crippen LogP contribution in [0.1, 0.15) is 26.3 Å². The standard InChI is InChI=1S/C18H17N5O2/c1-19-17(24)15-4-2-3-13(9-15)10-20-18(25)14-5-7-16(8-6-14)23-11-21-22-12-23/h2-9,11-12H,10H2,1H3,(H,19,24)(H,20,25). The normalized spacial score (nSPS) is 10.3. The predicted octanol–water partition coefficient (Wildman–Crippen LogP) is 1.56. The highest BCUT2D eigenvalue weighted by atomic mass is 16.2. The molecular weight excluding hydrogens is 318 g/mol. The quantitative estimate of drug-likeness (QED) is 0.740. The van der Waals surface area contributed by atoms with Crippen LogP contribution >= 0.6 is 0 Å². The highest BCUT2D eigenvalue weighted by molar-refractivity contribution is 5.95. The maximum Gasteiger partial charge on any atom is 0.251 e. The second-order valence-electron chi connectivity index (χ2n) is 5.38. The second kappa shape index (κ2) is 7.39. The van der Waals surface area contributed by atoms with E-state index in [1.165, 1.54) is 0 Å². The minimum Gasteiger partial charge on any atom is -0.355 e. The van der Waals surface area contributed by atoms with Crippen molar-refractivity contribution in [2.75, 3.05) is 7.05 Å². The first-order valence-electron chi connectivity index (χ1n) is 7.71. The molecule has 0 atom stereocenters. The average molecular weight is 335 g/mol. The topological polar surface area (TPSA) is 88.9 Å². The molecule has 3 rings (SSSR count). The van der Waals surface area contributed by atoms with Gasteiger partial charge in [-0.3, -0.25) is 14.2 Å². The van der Waals surface area contributed by atoms with Crippen molar-refractivity contribution < 1.29 is 9.59 Å². The first-order chi connectivity index (χ1) is 12.2. The molecule has 0 saturated heterocycles. The Labute approximate surface area is 144 Å². The van der Waals surface area contributed by atoms with E-state index in [4.69, 9.17) is 0 Å². The van der Waals surface area contributed by atoms with Gasteiger partial charge in [0, 0.05) is 30.4 Å². The van der Waals surface area contributed by atoms with Gasteiger partial charge in [0.1, 0.15) is 12.7 Å². The lowest BCUT2D eigenvalue weighted by molar-refractivity contribution is 0.0948. The molecule has 0 spiro atoms. The monoisotopic (exact) mass is 335 g/mol. The molecular formula is C18H17N5O2. The van der Waals surface area contributed by atoms with Crippen LogP contribution in [0, 0.1) is 0 Å². The molecule has 2 amide bonds. The molecule has 126 valence electrons. The van der Waals surface area contributed by atoms with Crippen molar-refractivity contribution in [1.82, 2.24) is 25.4 Å². The largest absolute Gasteiger partial charge is 0.355 e. The summed E-state index contributed by atoms with van der Waals surface area (Å²) in [6, 6.07) is 14.3. The summed E-state index contributed by atoms with van der Waals surface area (Å²) < 4.78 is 1.76. The molecule has 0 radical (unpaired) electrons. The molecule has 7 heteroatoms. The van der Waals surface area contributed by atoms with Crippen LogP contribution in [0.3, 0.4) is 0 Å². The molecule has 3 aromatic rings. The molecule has 0 fully saturated rings. The van der Waals surface area contributed by atoms with Gasteiger partial charge in [0.15, 0.2) is 0 Å². The summed E-state index contributed by atoms with van der Waals surface area (Å²) in [7, 11) is 1.58. The van der Waals surface area contributed by atoms with Crippen molar-refractivity contribution in [3.8, 4) is 5.69 Å². The minimum atomic E-state index is -0.180. The highest BCUT2D eigenvalue weighted by Gasteiger charge is 2.07. The third kappa shape index (κ3) is 3.89. The van der Waals surface area contributed by atoms with Gasteiger partial charge in [-0.15, -0.1) is 10.2 Å². The molecule has 1 aromatic heterocycles. The number of nitrogens with one attached hydrogen (secondary N) is 2. The highest BCUT2D eigenvalue weighted by Crippen LogP contribution is 2.10. The van der Waals surface area contributed by atoms with Crippen molar-refractivity contribution in [2.45, 2.75) is 6.54 Å². The van der Waals surface area contributed by atoms with Gasteiger partial charge in [-0.25, -0.2) is 0 Å². The molecule has 0 unspecified atom stereocenters. The zero-order valence-electron chi connectivity index (χ0n) is 13.6. The number of hydrogen-bond donors (Lipinski definition) is 2. The lowest BCUT2D eigenvalue weighted by atomic mass is 10.1. The van der Waals surface area contributed by atoms with Gasteiger partial charge in [0.05, 0.1) is 0 Å². The maximum atomic E-state index is 12.3. The average Bonchev–Trinajstić information content (AvgIpc) is 3.20. The summed E-state index contributed by atoms with van der Waals surface area (Å²) in [5, 5.41) is 12.9. The number of benzene rings is 2. The second-order valence-corrected chi connectivity index (χ2v) is 5.38. The number of amides is 2. The van der Waals surface area contributed by atoms with Gasteiger partial charge in [-0.2, -0.15) is 0 Å². The Morgan fingerprint density at radius 1 is 0.960 bits per heavy atom. The van der Waals surface area contributed by atoms with E-state index in [-0.39, 0.29) is 11.8 Å². The number of hydrogen-bond acceptors (Lipinski definition) is 4. The summed E-state index contributed by atoms with van der Waals surface area (Å²) >= 11 is 0. The number of rotatable bonds is 5. The number of carbonyl (C=O) groups excluding carboxylic acids is 2. The van der Waals surface area contributed by atoms with Crippen LogP contribution in [-0.2, 0) is 6.54 Å². The molecule has 0 aliphatic heterocycles. The summed E-state index contributed by atoms with van der Waals surface area (Å²) in [6.45, 7) is 0.344. The lowest BCUT2D eigenvalue weighted by Crippen LogP contribution is -2.23. The van der Waals surface area contributed by atoms with Crippen LogP contribution in [0.4, 0.5) is 0 Å². The van der Waals surface area contributed by atoms with Gasteiger partial charge in [0.2, 0.25) is 0 Å². The summed E-state index contributed by atoms with van der Waals surface area (Å²) in [5.74, 6) is -0.335. The Morgan fingerprint density at radius 2 is 1.68 bits per heavy atom. The van der Waals surface area contributed by atoms with Crippen LogP contribution in [0.15, 0.2) is 61.2 Å². The van der Waals surface area contributed by atoms with Crippen LogP contribution in [0.25, 0.3) is 5.69 Å².